The van der Waals surface area contributed by atoms with Crippen LogP contribution in [0.5, 0.6) is 5.75 Å². The maximum atomic E-state index is 13.5. The van der Waals surface area contributed by atoms with Crippen LogP contribution in [0.4, 0.5) is 0 Å². The third kappa shape index (κ3) is 5.76. The number of carboxylic acids is 1. The Kier molecular flexibility index (Phi) is 7.30. The molecule has 1 unspecified atom stereocenters. The van der Waals surface area contributed by atoms with Crippen LogP contribution in [0.2, 0.25) is 0 Å². The van der Waals surface area contributed by atoms with Gasteiger partial charge in [0.15, 0.2) is 6.61 Å². The standard InChI is InChI=1S/C28H30N2O6/c1-19(2)30(27(32)21-11-9-20(10-12-21)24-8-5-15-35-24)17-22-6-3-4-7-25(22)36-18-26(31)29-14-13-23(16-29)28(33)34/h3-12,15,19,23H,13-14,16-18H2,1-2H3,(H,33,34)/i19D. The van der Waals surface area contributed by atoms with Crippen LogP contribution in [0.1, 0.15) is 37.6 Å². The third-order valence-corrected chi connectivity index (χ3v) is 6.26. The van der Waals surface area contributed by atoms with Crippen molar-refractivity contribution in [2.45, 2.75) is 32.8 Å². The Morgan fingerprint density at radius 1 is 1.14 bits per heavy atom. The lowest BCUT2D eigenvalue weighted by Gasteiger charge is -2.28. The summed E-state index contributed by atoms with van der Waals surface area (Å²) in [7, 11) is 0. The summed E-state index contributed by atoms with van der Waals surface area (Å²) in [6.07, 6.45) is 2.01. The largest absolute Gasteiger partial charge is 0.483 e. The van der Waals surface area contributed by atoms with Gasteiger partial charge in [-0.25, -0.2) is 0 Å². The highest BCUT2D eigenvalue weighted by Crippen LogP contribution is 2.25. The smallest absolute Gasteiger partial charge is 0.308 e. The molecule has 2 amide bonds. The number of carbonyl (C=O) groups excluding carboxylic acids is 2. The van der Waals surface area contributed by atoms with Gasteiger partial charge in [-0.3, -0.25) is 14.4 Å². The van der Waals surface area contributed by atoms with Crippen molar-refractivity contribution >= 4 is 17.8 Å². The Labute approximate surface area is 211 Å². The summed E-state index contributed by atoms with van der Waals surface area (Å²) in [5, 5.41) is 9.17. The van der Waals surface area contributed by atoms with Gasteiger partial charge in [0.1, 0.15) is 11.5 Å². The van der Waals surface area contributed by atoms with E-state index in [1.807, 2.05) is 6.07 Å². The first-order valence-electron chi connectivity index (χ1n) is 12.3. The molecule has 4 rings (SSSR count). The fourth-order valence-corrected chi connectivity index (χ4v) is 4.17. The fourth-order valence-electron chi connectivity index (χ4n) is 4.17. The van der Waals surface area contributed by atoms with E-state index in [0.717, 1.165) is 5.56 Å². The highest BCUT2D eigenvalue weighted by Gasteiger charge is 2.31. The van der Waals surface area contributed by atoms with Crippen LogP contribution in [0.25, 0.3) is 11.3 Å². The van der Waals surface area contributed by atoms with Gasteiger partial charge in [-0.05, 0) is 50.6 Å². The van der Waals surface area contributed by atoms with Crippen LogP contribution < -0.4 is 4.74 Å². The maximum absolute atomic E-state index is 13.5. The molecule has 36 heavy (non-hydrogen) atoms. The number of ether oxygens (including phenoxy) is 1. The predicted molar refractivity (Wildman–Crippen MR) is 133 cm³/mol. The molecule has 0 aliphatic carbocycles. The first-order chi connectivity index (χ1) is 17.6. The number of hydrogen-bond donors (Lipinski definition) is 1. The second-order valence-corrected chi connectivity index (χ2v) is 8.95. The highest BCUT2D eigenvalue weighted by atomic mass is 16.5. The summed E-state index contributed by atoms with van der Waals surface area (Å²) in [6, 6.07) is 16.5. The minimum absolute atomic E-state index is 0.102. The molecule has 1 N–H and O–H groups in total. The minimum Gasteiger partial charge on any atom is -0.483 e. The number of likely N-dealkylation sites (tertiary alicyclic amines) is 1. The van der Waals surface area contributed by atoms with E-state index in [0.29, 0.717) is 35.6 Å². The zero-order valence-electron chi connectivity index (χ0n) is 21.3. The van der Waals surface area contributed by atoms with Crippen LogP contribution in [-0.2, 0) is 16.1 Å². The number of aliphatic carboxylic acids is 1. The molecule has 1 saturated heterocycles. The van der Waals surface area contributed by atoms with Crippen molar-refractivity contribution in [1.82, 2.24) is 9.80 Å². The van der Waals surface area contributed by atoms with Gasteiger partial charge in [-0.1, -0.05) is 30.3 Å². The molecule has 0 bridgehead atoms. The molecule has 1 aliphatic heterocycles. The highest BCUT2D eigenvalue weighted by molar-refractivity contribution is 5.94. The molecule has 188 valence electrons. The van der Waals surface area contributed by atoms with E-state index in [9.17, 15) is 14.4 Å². The van der Waals surface area contributed by atoms with Gasteiger partial charge in [0, 0.05) is 42.3 Å². The average Bonchev–Trinajstić information content (AvgIpc) is 3.58. The van der Waals surface area contributed by atoms with Crippen LogP contribution >= 0.6 is 0 Å². The van der Waals surface area contributed by atoms with Gasteiger partial charge < -0.3 is 24.1 Å². The van der Waals surface area contributed by atoms with E-state index in [1.54, 1.807) is 74.7 Å². The van der Waals surface area contributed by atoms with Gasteiger partial charge in [-0.2, -0.15) is 0 Å². The topological polar surface area (TPSA) is 100 Å². The first-order valence-corrected chi connectivity index (χ1v) is 11.8. The normalized spacial score (nSPS) is 15.9. The van der Waals surface area contributed by atoms with Crippen molar-refractivity contribution < 1.29 is 30.0 Å². The van der Waals surface area contributed by atoms with E-state index < -0.39 is 17.9 Å². The number of nitrogens with zero attached hydrogens (tertiary/aromatic N) is 2. The second kappa shape index (κ2) is 11.1. The van der Waals surface area contributed by atoms with Crippen molar-refractivity contribution in [1.29, 1.82) is 0 Å². The Morgan fingerprint density at radius 3 is 2.53 bits per heavy atom. The molecule has 3 aromatic rings. The fraction of sp³-hybridized carbons (Fsp3) is 0.321. The number of carboxylic acid groups (broad SMARTS) is 1. The Hall–Kier alpha value is -4.07. The lowest BCUT2D eigenvalue weighted by atomic mass is 10.1. The van der Waals surface area contributed by atoms with Crippen molar-refractivity contribution in [3.8, 4) is 17.1 Å². The van der Waals surface area contributed by atoms with Crippen LogP contribution in [0, 0.1) is 5.92 Å². The Balaban J connectivity index is 1.47. The van der Waals surface area contributed by atoms with E-state index >= 15 is 0 Å². The summed E-state index contributed by atoms with van der Waals surface area (Å²) in [4.78, 5) is 40.2. The molecule has 2 heterocycles. The van der Waals surface area contributed by atoms with E-state index in [2.05, 4.69) is 0 Å². The lowest BCUT2D eigenvalue weighted by Crippen LogP contribution is -2.36. The lowest BCUT2D eigenvalue weighted by molar-refractivity contribution is -0.141. The second-order valence-electron chi connectivity index (χ2n) is 8.95. The summed E-state index contributed by atoms with van der Waals surface area (Å²) in [5.74, 6) is -0.925. The van der Waals surface area contributed by atoms with E-state index in [-0.39, 0.29) is 31.5 Å². The van der Waals surface area contributed by atoms with Crippen molar-refractivity contribution in [3.63, 3.8) is 0 Å². The van der Waals surface area contributed by atoms with Gasteiger partial charge in [0.05, 0.1) is 13.6 Å². The zero-order valence-corrected chi connectivity index (χ0v) is 20.3. The van der Waals surface area contributed by atoms with Crippen molar-refractivity contribution in [2.24, 2.45) is 5.92 Å². The molecule has 1 aliphatic rings. The number of amides is 2. The van der Waals surface area contributed by atoms with Crippen LogP contribution in [0.15, 0.2) is 71.3 Å². The molecule has 0 spiro atoms. The summed E-state index contributed by atoms with van der Waals surface area (Å²) >= 11 is 0. The summed E-state index contributed by atoms with van der Waals surface area (Å²) in [6.45, 7) is 3.70. The monoisotopic (exact) mass is 491 g/mol. The molecule has 8 nitrogen and oxygen atoms in total. The third-order valence-electron chi connectivity index (χ3n) is 6.26. The van der Waals surface area contributed by atoms with Crippen LogP contribution in [-0.4, -0.2) is 58.4 Å². The number of hydrogen-bond acceptors (Lipinski definition) is 5. The molecule has 0 radical (unpaired) electrons. The van der Waals surface area contributed by atoms with E-state index in [1.165, 1.54) is 9.80 Å². The summed E-state index contributed by atoms with van der Waals surface area (Å²) in [5.41, 5.74) is 1.93. The number of carbonyl (C=O) groups is 3. The average molecular weight is 492 g/mol. The Morgan fingerprint density at radius 2 is 1.89 bits per heavy atom. The van der Waals surface area contributed by atoms with Gasteiger partial charge in [-0.15, -0.1) is 0 Å². The number of furan rings is 1. The maximum Gasteiger partial charge on any atom is 0.308 e. The zero-order chi connectivity index (χ0) is 26.6. The number of rotatable bonds is 9. The molecule has 0 saturated carbocycles. The SMILES string of the molecule is [2H]C(C)(C)N(Cc1ccccc1OCC(=O)N1CCC(C(=O)O)C1)C(=O)c1ccc(-c2ccco2)cc1. The molecule has 2 aromatic carbocycles. The number of benzene rings is 2. The summed E-state index contributed by atoms with van der Waals surface area (Å²) < 4.78 is 19.8. The van der Waals surface area contributed by atoms with Gasteiger partial charge >= 0.3 is 5.97 Å². The molecule has 1 aromatic heterocycles. The van der Waals surface area contributed by atoms with Crippen LogP contribution in [0.3, 0.4) is 0 Å². The molecular weight excluding hydrogens is 460 g/mol. The molecular formula is C28H30N2O6. The molecule has 1 atom stereocenters. The Bertz CT molecular complexity index is 1250. The minimum atomic E-state index is -1.24. The van der Waals surface area contributed by atoms with E-state index in [4.69, 9.17) is 15.6 Å². The van der Waals surface area contributed by atoms with Crippen molar-refractivity contribution in [3.05, 3.63) is 78.1 Å². The number of para-hydroxylation sites is 1. The quantitative estimate of drug-likeness (QED) is 0.479. The first kappa shape index (κ1) is 23.7. The van der Waals surface area contributed by atoms with Gasteiger partial charge in [0.2, 0.25) is 0 Å². The van der Waals surface area contributed by atoms with Crippen molar-refractivity contribution in [2.75, 3.05) is 19.7 Å². The molecule has 8 heteroatoms. The molecule has 1 fully saturated rings. The predicted octanol–water partition coefficient (Wildman–Crippen LogP) is 4.31. The van der Waals surface area contributed by atoms with Gasteiger partial charge in [0.25, 0.3) is 11.8 Å².